The van der Waals surface area contributed by atoms with Crippen LogP contribution in [0.5, 0.6) is 0 Å². The van der Waals surface area contributed by atoms with Gasteiger partial charge in [0.1, 0.15) is 11.2 Å². The molecular weight excluding hydrogens is 328 g/mol. The highest BCUT2D eigenvalue weighted by molar-refractivity contribution is 6.09. The lowest BCUT2D eigenvalue weighted by atomic mass is 9.92. The highest BCUT2D eigenvalue weighted by Gasteiger charge is 2.15. The molecule has 0 amide bonds. The minimum absolute atomic E-state index is 0.938. The van der Waals surface area contributed by atoms with Crippen LogP contribution in [-0.4, -0.2) is 0 Å². The van der Waals surface area contributed by atoms with Crippen LogP contribution in [0.2, 0.25) is 0 Å². The van der Waals surface area contributed by atoms with E-state index in [-0.39, 0.29) is 0 Å². The molecule has 0 bridgehead atoms. The van der Waals surface area contributed by atoms with Gasteiger partial charge in [-0.25, -0.2) is 0 Å². The van der Waals surface area contributed by atoms with Crippen molar-refractivity contribution in [1.82, 2.24) is 0 Å². The summed E-state index contributed by atoms with van der Waals surface area (Å²) in [6.45, 7) is 4.29. The molecular formula is C26H20O. The van der Waals surface area contributed by atoms with E-state index in [9.17, 15) is 0 Å². The number of fused-ring (bicyclic) bond motifs is 3. The van der Waals surface area contributed by atoms with Crippen LogP contribution in [0.15, 0.2) is 89.3 Å². The fraction of sp³-hybridized carbons (Fsp3) is 0.0769. The Morgan fingerprint density at radius 3 is 1.63 bits per heavy atom. The molecule has 0 atom stereocenters. The standard InChI is InChI=1S/C26H20O/c1-17-13-23-24-15-21(19-9-5-3-6-10-19)22(20-11-7-4-8-12-20)16-26(24)27-25(23)14-18(17)2/h3-16H,1-2H3. The predicted octanol–water partition coefficient (Wildman–Crippen LogP) is 7.54. The largest absolute Gasteiger partial charge is 0.456 e. The number of rotatable bonds is 2. The molecule has 1 heterocycles. The predicted molar refractivity (Wildman–Crippen MR) is 114 cm³/mol. The Bertz CT molecular complexity index is 1260. The van der Waals surface area contributed by atoms with Crippen LogP contribution >= 0.6 is 0 Å². The zero-order valence-electron chi connectivity index (χ0n) is 15.5. The van der Waals surface area contributed by atoms with Gasteiger partial charge in [-0.2, -0.15) is 0 Å². The monoisotopic (exact) mass is 348 g/mol. The molecule has 0 spiro atoms. The van der Waals surface area contributed by atoms with Crippen LogP contribution in [0.4, 0.5) is 0 Å². The zero-order chi connectivity index (χ0) is 18.4. The zero-order valence-corrected chi connectivity index (χ0v) is 15.5. The normalized spacial score (nSPS) is 11.3. The first-order valence-corrected chi connectivity index (χ1v) is 9.29. The van der Waals surface area contributed by atoms with E-state index < -0.39 is 0 Å². The van der Waals surface area contributed by atoms with E-state index in [1.165, 1.54) is 44.2 Å². The van der Waals surface area contributed by atoms with Gasteiger partial charge in [0.2, 0.25) is 0 Å². The Morgan fingerprint density at radius 1 is 0.519 bits per heavy atom. The minimum atomic E-state index is 0.938. The molecule has 1 heteroatoms. The molecule has 0 unspecified atom stereocenters. The van der Waals surface area contributed by atoms with Gasteiger partial charge in [-0.1, -0.05) is 60.7 Å². The maximum atomic E-state index is 6.24. The summed E-state index contributed by atoms with van der Waals surface area (Å²) in [7, 11) is 0. The second kappa shape index (κ2) is 6.14. The number of furan rings is 1. The Labute approximate surface area is 158 Å². The van der Waals surface area contributed by atoms with Gasteiger partial charge in [0.15, 0.2) is 0 Å². The lowest BCUT2D eigenvalue weighted by molar-refractivity contribution is 0.668. The molecule has 0 aliphatic carbocycles. The van der Waals surface area contributed by atoms with Gasteiger partial charge in [-0.05, 0) is 71.5 Å². The van der Waals surface area contributed by atoms with Gasteiger partial charge >= 0.3 is 0 Å². The van der Waals surface area contributed by atoms with E-state index >= 15 is 0 Å². The topological polar surface area (TPSA) is 13.1 Å². The fourth-order valence-electron chi connectivity index (χ4n) is 3.79. The molecule has 0 radical (unpaired) electrons. The van der Waals surface area contributed by atoms with E-state index in [1.54, 1.807) is 0 Å². The Hall–Kier alpha value is -3.32. The average molecular weight is 348 g/mol. The summed E-state index contributed by atoms with van der Waals surface area (Å²) in [5.74, 6) is 0. The molecule has 1 nitrogen and oxygen atoms in total. The van der Waals surface area contributed by atoms with Gasteiger partial charge in [0, 0.05) is 10.8 Å². The third-order valence-electron chi connectivity index (χ3n) is 5.40. The van der Waals surface area contributed by atoms with Gasteiger partial charge < -0.3 is 4.42 Å². The molecule has 5 rings (SSSR count). The molecule has 1 aromatic heterocycles. The second-order valence-electron chi connectivity index (χ2n) is 7.16. The molecule has 130 valence electrons. The fourth-order valence-corrected chi connectivity index (χ4v) is 3.79. The first-order chi connectivity index (χ1) is 13.2. The minimum Gasteiger partial charge on any atom is -0.456 e. The quantitative estimate of drug-likeness (QED) is 0.321. The number of hydrogen-bond acceptors (Lipinski definition) is 1. The smallest absolute Gasteiger partial charge is 0.136 e. The van der Waals surface area contributed by atoms with E-state index in [1.807, 2.05) is 0 Å². The van der Waals surface area contributed by atoms with Crippen LogP contribution in [0.3, 0.4) is 0 Å². The summed E-state index contributed by atoms with van der Waals surface area (Å²) in [5.41, 5.74) is 9.29. The first kappa shape index (κ1) is 15.9. The molecule has 0 aliphatic rings. The van der Waals surface area contributed by atoms with Crippen molar-refractivity contribution < 1.29 is 4.42 Å². The van der Waals surface area contributed by atoms with E-state index in [2.05, 4.69) is 98.8 Å². The molecule has 0 fully saturated rings. The third-order valence-corrected chi connectivity index (χ3v) is 5.40. The van der Waals surface area contributed by atoms with Crippen molar-refractivity contribution in [2.75, 3.05) is 0 Å². The van der Waals surface area contributed by atoms with Crippen molar-refractivity contribution >= 4 is 21.9 Å². The summed E-state index contributed by atoms with van der Waals surface area (Å²) in [4.78, 5) is 0. The summed E-state index contributed by atoms with van der Waals surface area (Å²) in [6, 6.07) is 30.0. The highest BCUT2D eigenvalue weighted by atomic mass is 16.3. The molecule has 0 N–H and O–H groups in total. The number of aryl methyl sites for hydroxylation is 2. The van der Waals surface area contributed by atoms with Gasteiger partial charge in [-0.3, -0.25) is 0 Å². The third kappa shape index (κ3) is 2.63. The molecule has 0 saturated heterocycles. The van der Waals surface area contributed by atoms with Crippen molar-refractivity contribution in [2.24, 2.45) is 0 Å². The number of hydrogen-bond donors (Lipinski definition) is 0. The second-order valence-corrected chi connectivity index (χ2v) is 7.16. The molecule has 5 aromatic rings. The molecule has 27 heavy (non-hydrogen) atoms. The Morgan fingerprint density at radius 2 is 1.00 bits per heavy atom. The summed E-state index contributed by atoms with van der Waals surface area (Å²) in [5, 5.41) is 2.36. The molecule has 0 saturated carbocycles. The van der Waals surface area contributed by atoms with Gasteiger partial charge in [0.25, 0.3) is 0 Å². The van der Waals surface area contributed by atoms with Crippen LogP contribution in [0, 0.1) is 13.8 Å². The van der Waals surface area contributed by atoms with Crippen LogP contribution in [0.25, 0.3) is 44.2 Å². The van der Waals surface area contributed by atoms with E-state index in [0.717, 1.165) is 11.2 Å². The summed E-state index contributed by atoms with van der Waals surface area (Å²) >= 11 is 0. The lowest BCUT2D eigenvalue weighted by Crippen LogP contribution is -1.85. The SMILES string of the molecule is Cc1cc2oc3cc(-c4ccccc4)c(-c4ccccc4)cc3c2cc1C. The van der Waals surface area contributed by atoms with Gasteiger partial charge in [-0.15, -0.1) is 0 Å². The summed E-state index contributed by atoms with van der Waals surface area (Å²) in [6.07, 6.45) is 0. The molecule has 0 aliphatic heterocycles. The van der Waals surface area contributed by atoms with Crippen molar-refractivity contribution in [1.29, 1.82) is 0 Å². The van der Waals surface area contributed by atoms with Crippen molar-refractivity contribution in [3.63, 3.8) is 0 Å². The average Bonchev–Trinajstić information content (AvgIpc) is 3.05. The first-order valence-electron chi connectivity index (χ1n) is 9.29. The van der Waals surface area contributed by atoms with Crippen LogP contribution in [0.1, 0.15) is 11.1 Å². The highest BCUT2D eigenvalue weighted by Crippen LogP contribution is 2.39. The number of benzene rings is 4. The Balaban J connectivity index is 1.88. The van der Waals surface area contributed by atoms with Crippen molar-refractivity contribution in [2.45, 2.75) is 13.8 Å². The Kier molecular flexibility index (Phi) is 3.61. The van der Waals surface area contributed by atoms with Crippen LogP contribution < -0.4 is 0 Å². The van der Waals surface area contributed by atoms with Crippen molar-refractivity contribution in [3.05, 3.63) is 96.1 Å². The maximum absolute atomic E-state index is 6.24. The van der Waals surface area contributed by atoms with Gasteiger partial charge in [0.05, 0.1) is 0 Å². The van der Waals surface area contributed by atoms with Crippen LogP contribution in [-0.2, 0) is 0 Å². The van der Waals surface area contributed by atoms with E-state index in [4.69, 9.17) is 4.42 Å². The lowest BCUT2D eigenvalue weighted by Gasteiger charge is -2.11. The van der Waals surface area contributed by atoms with Crippen molar-refractivity contribution in [3.8, 4) is 22.3 Å². The van der Waals surface area contributed by atoms with E-state index in [0.29, 0.717) is 0 Å². The maximum Gasteiger partial charge on any atom is 0.136 e. The molecule has 4 aromatic carbocycles. The summed E-state index contributed by atoms with van der Waals surface area (Å²) < 4.78 is 6.24.